The summed E-state index contributed by atoms with van der Waals surface area (Å²) in [5.74, 6) is 0. The van der Waals surface area contributed by atoms with Crippen LogP contribution in [0.5, 0.6) is 0 Å². The Morgan fingerprint density at radius 3 is 2.33 bits per heavy atom. The second-order valence-corrected chi connectivity index (χ2v) is 6.13. The summed E-state index contributed by atoms with van der Waals surface area (Å²) in [5, 5.41) is 11.1. The van der Waals surface area contributed by atoms with Crippen LogP contribution in [0.15, 0.2) is 24.3 Å². The number of nitrogens with two attached hydrogens (primary N) is 1. The van der Waals surface area contributed by atoms with Crippen LogP contribution in [0.2, 0.25) is 0 Å². The van der Waals surface area contributed by atoms with Gasteiger partial charge in [0.2, 0.25) is 0 Å². The lowest BCUT2D eigenvalue weighted by molar-refractivity contribution is -0.0657. The van der Waals surface area contributed by atoms with E-state index < -0.39 is 5.60 Å². The smallest absolute Gasteiger partial charge is 0.0860 e. The van der Waals surface area contributed by atoms with Gasteiger partial charge in [-0.25, -0.2) is 0 Å². The number of rotatable bonds is 2. The summed E-state index contributed by atoms with van der Waals surface area (Å²) in [7, 11) is 2.07. The van der Waals surface area contributed by atoms with Crippen molar-refractivity contribution in [3.8, 4) is 0 Å². The van der Waals surface area contributed by atoms with E-state index in [0.717, 1.165) is 32.4 Å². The predicted molar refractivity (Wildman–Crippen MR) is 72.4 cm³/mol. The third-order valence-electron chi connectivity index (χ3n) is 4.99. The molecule has 3 nitrogen and oxygen atoms in total. The Morgan fingerprint density at radius 2 is 1.89 bits per heavy atom. The van der Waals surface area contributed by atoms with Crippen molar-refractivity contribution >= 4 is 0 Å². The van der Waals surface area contributed by atoms with Crippen LogP contribution in [0, 0.1) is 5.41 Å². The molecular weight excluding hydrogens is 224 g/mol. The molecule has 3 rings (SSSR count). The summed E-state index contributed by atoms with van der Waals surface area (Å²) in [4.78, 5) is 2.21. The highest BCUT2D eigenvalue weighted by atomic mass is 16.3. The van der Waals surface area contributed by atoms with E-state index in [9.17, 15) is 5.11 Å². The van der Waals surface area contributed by atoms with Crippen molar-refractivity contribution in [1.82, 2.24) is 4.90 Å². The number of hydrogen-bond donors (Lipinski definition) is 2. The first kappa shape index (κ1) is 12.2. The highest BCUT2D eigenvalue weighted by Gasteiger charge is 2.54. The van der Waals surface area contributed by atoms with Gasteiger partial charge in [0.15, 0.2) is 0 Å². The summed E-state index contributed by atoms with van der Waals surface area (Å²) in [6.07, 6.45) is 2.68. The highest BCUT2D eigenvalue weighted by Crippen LogP contribution is 2.47. The summed E-state index contributed by atoms with van der Waals surface area (Å²) in [5.41, 5.74) is 8.02. The molecule has 1 heterocycles. The number of nitrogens with zero attached hydrogens (tertiary/aromatic N) is 1. The summed E-state index contributed by atoms with van der Waals surface area (Å²) in [6, 6.07) is 8.51. The monoisotopic (exact) mass is 246 g/mol. The minimum atomic E-state index is -0.629. The predicted octanol–water partition coefficient (Wildman–Crippen LogP) is 0.797. The molecule has 0 aromatic heterocycles. The lowest BCUT2D eigenvalue weighted by atomic mass is 9.69. The van der Waals surface area contributed by atoms with Crippen molar-refractivity contribution in [3.63, 3.8) is 0 Å². The normalized spacial score (nSPS) is 30.6. The first-order valence-corrected chi connectivity index (χ1v) is 6.76. The maximum atomic E-state index is 11.1. The molecule has 3 N–H and O–H groups in total. The quantitative estimate of drug-likeness (QED) is 0.811. The molecule has 1 unspecified atom stereocenters. The topological polar surface area (TPSA) is 49.5 Å². The van der Waals surface area contributed by atoms with E-state index >= 15 is 0 Å². The van der Waals surface area contributed by atoms with Gasteiger partial charge in [-0.2, -0.15) is 0 Å². The Labute approximate surface area is 109 Å². The van der Waals surface area contributed by atoms with E-state index in [-0.39, 0.29) is 5.41 Å². The van der Waals surface area contributed by atoms with Gasteiger partial charge >= 0.3 is 0 Å². The summed E-state index contributed by atoms with van der Waals surface area (Å²) in [6.45, 7) is 2.28. The number of likely N-dealkylation sites (N-methyl/N-ethyl adjacent to an activating group) is 1. The van der Waals surface area contributed by atoms with Crippen LogP contribution in [-0.2, 0) is 12.8 Å². The molecule has 0 spiro atoms. The average Bonchev–Trinajstić information content (AvgIpc) is 2.91. The molecule has 0 radical (unpaired) electrons. The number of likely N-dealkylation sites (tertiary alicyclic amines) is 1. The molecule has 2 aliphatic rings. The highest BCUT2D eigenvalue weighted by molar-refractivity contribution is 5.36. The van der Waals surface area contributed by atoms with Crippen LogP contribution in [-0.4, -0.2) is 42.3 Å². The Balaban J connectivity index is 1.95. The average molecular weight is 246 g/mol. The van der Waals surface area contributed by atoms with Crippen molar-refractivity contribution in [2.75, 3.05) is 26.7 Å². The lowest BCUT2D eigenvalue weighted by Gasteiger charge is -2.42. The molecule has 1 aromatic rings. The molecular formula is C15H22N2O. The molecule has 0 saturated carbocycles. The van der Waals surface area contributed by atoms with Gasteiger partial charge in [0, 0.05) is 25.0 Å². The molecule has 1 aliphatic heterocycles. The van der Waals surface area contributed by atoms with Gasteiger partial charge in [0.25, 0.3) is 0 Å². The van der Waals surface area contributed by atoms with Crippen LogP contribution in [0.4, 0.5) is 0 Å². The Bertz CT molecular complexity index is 435. The van der Waals surface area contributed by atoms with Gasteiger partial charge in [-0.05, 0) is 37.4 Å². The van der Waals surface area contributed by atoms with Crippen LogP contribution in [0.3, 0.4) is 0 Å². The van der Waals surface area contributed by atoms with Gasteiger partial charge in [-0.15, -0.1) is 0 Å². The summed E-state index contributed by atoms with van der Waals surface area (Å²) >= 11 is 0. The molecule has 98 valence electrons. The Kier molecular flexibility index (Phi) is 2.73. The first-order valence-electron chi connectivity index (χ1n) is 6.76. The molecule has 3 heteroatoms. The second kappa shape index (κ2) is 4.05. The Morgan fingerprint density at radius 1 is 1.28 bits per heavy atom. The van der Waals surface area contributed by atoms with Gasteiger partial charge < -0.3 is 15.7 Å². The van der Waals surface area contributed by atoms with E-state index in [1.54, 1.807) is 0 Å². The third kappa shape index (κ3) is 1.62. The van der Waals surface area contributed by atoms with Crippen molar-refractivity contribution in [1.29, 1.82) is 0 Å². The number of fused-ring (bicyclic) bond motifs is 1. The van der Waals surface area contributed by atoms with Gasteiger partial charge in [0.05, 0.1) is 5.60 Å². The zero-order valence-electron chi connectivity index (χ0n) is 11.0. The zero-order chi connectivity index (χ0) is 12.8. The summed E-state index contributed by atoms with van der Waals surface area (Å²) < 4.78 is 0. The maximum absolute atomic E-state index is 11.1. The molecule has 1 aromatic carbocycles. The van der Waals surface area contributed by atoms with Crippen LogP contribution in [0.1, 0.15) is 17.5 Å². The molecule has 1 fully saturated rings. The third-order valence-corrected chi connectivity index (χ3v) is 4.99. The van der Waals surface area contributed by atoms with E-state index in [1.165, 1.54) is 11.1 Å². The number of hydrogen-bond acceptors (Lipinski definition) is 3. The number of benzene rings is 1. The molecule has 1 aliphatic carbocycles. The molecule has 1 saturated heterocycles. The van der Waals surface area contributed by atoms with Crippen molar-refractivity contribution < 1.29 is 5.11 Å². The number of β-amino-alcohol motifs (C(OH)–C–C–N with tert-alkyl or cyclic N) is 1. The fourth-order valence-electron chi connectivity index (χ4n) is 3.77. The molecule has 0 bridgehead atoms. The van der Waals surface area contributed by atoms with Gasteiger partial charge in [-0.3, -0.25) is 0 Å². The fourth-order valence-corrected chi connectivity index (χ4v) is 3.77. The Hall–Kier alpha value is -0.900. The van der Waals surface area contributed by atoms with Crippen LogP contribution in [0.25, 0.3) is 0 Å². The number of aliphatic hydroxyl groups is 1. The SMILES string of the molecule is CN1CCC(O)(C2(CN)Cc3ccccc3C2)C1. The van der Waals surface area contributed by atoms with Gasteiger partial charge in [0.1, 0.15) is 0 Å². The van der Waals surface area contributed by atoms with Crippen LogP contribution >= 0.6 is 0 Å². The first-order chi connectivity index (χ1) is 8.59. The van der Waals surface area contributed by atoms with Gasteiger partial charge in [-0.1, -0.05) is 24.3 Å². The molecule has 1 atom stereocenters. The minimum Gasteiger partial charge on any atom is -0.388 e. The second-order valence-electron chi connectivity index (χ2n) is 6.13. The van der Waals surface area contributed by atoms with Crippen molar-refractivity contribution in [2.24, 2.45) is 11.1 Å². The molecule has 0 amide bonds. The zero-order valence-corrected chi connectivity index (χ0v) is 11.0. The minimum absolute atomic E-state index is 0.165. The standard InChI is InChI=1S/C15H22N2O/c1-17-7-6-15(18,11-17)14(10-16)8-12-4-2-3-5-13(12)9-14/h2-5,18H,6-11,16H2,1H3. The fraction of sp³-hybridized carbons (Fsp3) is 0.600. The van der Waals surface area contributed by atoms with E-state index in [4.69, 9.17) is 5.73 Å². The van der Waals surface area contributed by atoms with Crippen LogP contribution < -0.4 is 5.73 Å². The molecule has 18 heavy (non-hydrogen) atoms. The van der Waals surface area contributed by atoms with E-state index in [0.29, 0.717) is 6.54 Å². The van der Waals surface area contributed by atoms with E-state index in [2.05, 4.69) is 36.2 Å². The largest absolute Gasteiger partial charge is 0.388 e. The van der Waals surface area contributed by atoms with E-state index in [1.807, 2.05) is 0 Å². The van der Waals surface area contributed by atoms with Crippen molar-refractivity contribution in [3.05, 3.63) is 35.4 Å². The maximum Gasteiger partial charge on any atom is 0.0860 e. The van der Waals surface area contributed by atoms with Crippen molar-refractivity contribution in [2.45, 2.75) is 24.9 Å². The lowest BCUT2D eigenvalue weighted by Crippen LogP contribution is -2.54.